The van der Waals surface area contributed by atoms with Gasteiger partial charge in [-0.3, -0.25) is 4.79 Å². The quantitative estimate of drug-likeness (QED) is 0.623. The molecule has 1 N–H and O–H groups in total. The number of rotatable bonds is 7. The maximum Gasteiger partial charge on any atom is 0.246 e. The number of fused-ring (bicyclic) bond motifs is 1. The Bertz CT molecular complexity index is 1120. The average molecular weight is 500 g/mol. The molecule has 4 aliphatic rings. The van der Waals surface area contributed by atoms with Crippen LogP contribution in [0.5, 0.6) is 0 Å². The number of hydrogen-bond acceptors (Lipinski definition) is 6. The van der Waals surface area contributed by atoms with Crippen molar-refractivity contribution < 1.29 is 13.6 Å². The average Bonchev–Trinajstić information content (AvgIpc) is 3.25. The molecule has 0 unspecified atom stereocenters. The van der Waals surface area contributed by atoms with Crippen LogP contribution in [0, 0.1) is 0 Å². The molecule has 1 aliphatic carbocycles. The fourth-order valence-electron chi connectivity index (χ4n) is 6.05. The lowest BCUT2D eigenvalue weighted by Gasteiger charge is -2.36. The number of alkyl halides is 2. The normalized spacial score (nSPS) is 24.3. The molecular weight excluding hydrogens is 464 g/mol. The minimum atomic E-state index is -2.64. The Balaban J connectivity index is 1.20. The van der Waals surface area contributed by atoms with E-state index in [4.69, 9.17) is 4.98 Å². The number of aromatic nitrogens is 4. The Kier molecular flexibility index (Phi) is 6.17. The molecule has 194 valence electrons. The van der Waals surface area contributed by atoms with Crippen molar-refractivity contribution in [1.82, 2.24) is 24.4 Å². The minimum Gasteiger partial charge on any atom is -0.356 e. The largest absolute Gasteiger partial charge is 0.356 e. The van der Waals surface area contributed by atoms with Crippen LogP contribution in [0.25, 0.3) is 0 Å². The van der Waals surface area contributed by atoms with E-state index < -0.39 is 18.3 Å². The first-order valence-corrected chi connectivity index (χ1v) is 13.4. The van der Waals surface area contributed by atoms with Crippen LogP contribution in [0.4, 0.5) is 20.4 Å². The lowest BCUT2D eigenvalue weighted by molar-refractivity contribution is -0.117. The van der Waals surface area contributed by atoms with Crippen LogP contribution in [-0.2, 0) is 16.8 Å². The summed E-state index contributed by atoms with van der Waals surface area (Å²) in [6.45, 7) is 8.14. The molecular formula is C26H35F2N7O. The Morgan fingerprint density at radius 1 is 1.11 bits per heavy atom. The summed E-state index contributed by atoms with van der Waals surface area (Å²) in [5.41, 5.74) is 1.83. The molecule has 1 saturated carbocycles. The topological polar surface area (TPSA) is 79.2 Å². The molecule has 3 fully saturated rings. The molecule has 10 heteroatoms. The molecule has 6 rings (SSSR count). The lowest BCUT2D eigenvalue weighted by Crippen LogP contribution is -2.37. The van der Waals surface area contributed by atoms with Gasteiger partial charge in [0.25, 0.3) is 0 Å². The molecule has 8 nitrogen and oxygen atoms in total. The highest BCUT2D eigenvalue weighted by molar-refractivity contribution is 5.94. The number of nitrogens with zero attached hydrogens (tertiary/aromatic N) is 6. The second kappa shape index (κ2) is 9.36. The molecule has 2 aromatic rings. The Labute approximate surface area is 210 Å². The van der Waals surface area contributed by atoms with Crippen molar-refractivity contribution in [2.45, 2.75) is 82.1 Å². The molecule has 0 aromatic carbocycles. The van der Waals surface area contributed by atoms with Gasteiger partial charge in [-0.05, 0) is 51.6 Å². The second-order valence-corrected chi connectivity index (χ2v) is 11.2. The lowest BCUT2D eigenvalue weighted by atomic mass is 9.91. The maximum atomic E-state index is 13.9. The third kappa shape index (κ3) is 4.48. The SMILES string of the molecule is CC1(c2cn(CCN3CCCC3)c(C3CCN(c4ncnc5c4[C@H](C(F)F)CC(=O)N5)CC3)n2)CC1. The van der Waals surface area contributed by atoms with Crippen LogP contribution in [0.15, 0.2) is 12.5 Å². The number of amides is 1. The zero-order chi connectivity index (χ0) is 24.9. The van der Waals surface area contributed by atoms with Gasteiger partial charge in [0.1, 0.15) is 23.8 Å². The molecule has 3 aliphatic heterocycles. The van der Waals surface area contributed by atoms with E-state index in [9.17, 15) is 13.6 Å². The van der Waals surface area contributed by atoms with Gasteiger partial charge >= 0.3 is 0 Å². The van der Waals surface area contributed by atoms with Gasteiger partial charge in [-0.2, -0.15) is 0 Å². The molecule has 2 aromatic heterocycles. The summed E-state index contributed by atoms with van der Waals surface area (Å²) in [4.78, 5) is 30.3. The van der Waals surface area contributed by atoms with E-state index in [0.29, 0.717) is 30.4 Å². The first-order chi connectivity index (χ1) is 17.4. The predicted molar refractivity (Wildman–Crippen MR) is 133 cm³/mol. The van der Waals surface area contributed by atoms with Crippen LogP contribution >= 0.6 is 0 Å². The number of imidazole rings is 1. The standard InChI is InChI=1S/C26H35F2N7O/c1-26(6-7-26)19-15-35(13-12-33-8-2-3-9-33)24(31-19)17-4-10-34(11-5-17)25-21-18(22(27)28)14-20(36)32-23(21)29-16-30-25/h15-18,22H,2-14H2,1H3,(H,29,30,32,36)/t18-/m1/s1. The van der Waals surface area contributed by atoms with Gasteiger partial charge in [0.05, 0.1) is 11.6 Å². The molecule has 36 heavy (non-hydrogen) atoms. The molecule has 5 heterocycles. The number of piperidine rings is 1. The fraction of sp³-hybridized carbons (Fsp3) is 0.692. The zero-order valence-corrected chi connectivity index (χ0v) is 20.9. The number of anilines is 2. The summed E-state index contributed by atoms with van der Waals surface area (Å²) >= 11 is 0. The van der Waals surface area contributed by atoms with Crippen molar-refractivity contribution in [1.29, 1.82) is 0 Å². The predicted octanol–water partition coefficient (Wildman–Crippen LogP) is 3.90. The number of carbonyl (C=O) groups is 1. The van der Waals surface area contributed by atoms with Crippen LogP contribution in [0.1, 0.15) is 80.8 Å². The molecule has 0 bridgehead atoms. The molecule has 1 amide bonds. The summed E-state index contributed by atoms with van der Waals surface area (Å²) in [5.74, 6) is 0.681. The third-order valence-electron chi connectivity index (χ3n) is 8.64. The van der Waals surface area contributed by atoms with E-state index in [-0.39, 0.29) is 17.7 Å². The van der Waals surface area contributed by atoms with Crippen LogP contribution in [0.3, 0.4) is 0 Å². The Morgan fingerprint density at radius 2 is 1.86 bits per heavy atom. The van der Waals surface area contributed by atoms with Gasteiger partial charge < -0.3 is 19.7 Å². The Morgan fingerprint density at radius 3 is 2.56 bits per heavy atom. The van der Waals surface area contributed by atoms with Crippen LogP contribution in [0.2, 0.25) is 0 Å². The van der Waals surface area contributed by atoms with Gasteiger partial charge in [0, 0.05) is 55.7 Å². The zero-order valence-electron chi connectivity index (χ0n) is 20.9. The summed E-state index contributed by atoms with van der Waals surface area (Å²) < 4.78 is 30.1. The van der Waals surface area contributed by atoms with E-state index >= 15 is 0 Å². The van der Waals surface area contributed by atoms with Gasteiger partial charge in [0.15, 0.2) is 0 Å². The monoisotopic (exact) mass is 499 g/mol. The first-order valence-electron chi connectivity index (χ1n) is 13.4. The minimum absolute atomic E-state index is 0.225. The van der Waals surface area contributed by atoms with Gasteiger partial charge in [-0.15, -0.1) is 0 Å². The number of halogens is 2. The van der Waals surface area contributed by atoms with Crippen LogP contribution in [-0.4, -0.2) is 69.5 Å². The van der Waals surface area contributed by atoms with Gasteiger partial charge in [-0.25, -0.2) is 23.7 Å². The van der Waals surface area contributed by atoms with E-state index in [1.165, 1.54) is 56.6 Å². The number of carbonyl (C=O) groups excluding carboxylic acids is 1. The highest BCUT2D eigenvalue weighted by atomic mass is 19.3. The van der Waals surface area contributed by atoms with Crippen molar-refractivity contribution in [3.8, 4) is 0 Å². The number of likely N-dealkylation sites (tertiary alicyclic amines) is 1. The highest BCUT2D eigenvalue weighted by Crippen LogP contribution is 2.48. The fourth-order valence-corrected chi connectivity index (χ4v) is 6.05. The second-order valence-electron chi connectivity index (χ2n) is 11.2. The summed E-state index contributed by atoms with van der Waals surface area (Å²) in [5, 5.41) is 2.66. The summed E-state index contributed by atoms with van der Waals surface area (Å²) in [7, 11) is 0. The van der Waals surface area contributed by atoms with Crippen LogP contribution < -0.4 is 10.2 Å². The van der Waals surface area contributed by atoms with E-state index in [1.54, 1.807) is 0 Å². The Hall–Kier alpha value is -2.62. The van der Waals surface area contributed by atoms with E-state index in [1.807, 2.05) is 0 Å². The molecule has 2 saturated heterocycles. The molecule has 0 radical (unpaired) electrons. The summed E-state index contributed by atoms with van der Waals surface area (Å²) in [6, 6.07) is 0. The summed E-state index contributed by atoms with van der Waals surface area (Å²) in [6.07, 6.45) is 7.55. The first kappa shape index (κ1) is 23.8. The third-order valence-corrected chi connectivity index (χ3v) is 8.64. The molecule has 0 spiro atoms. The van der Waals surface area contributed by atoms with Crippen molar-refractivity contribution >= 4 is 17.5 Å². The van der Waals surface area contributed by atoms with Crippen molar-refractivity contribution in [2.24, 2.45) is 0 Å². The molecule has 1 atom stereocenters. The van der Waals surface area contributed by atoms with Gasteiger partial charge in [0.2, 0.25) is 12.3 Å². The van der Waals surface area contributed by atoms with Crippen molar-refractivity contribution in [3.05, 3.63) is 29.6 Å². The maximum absolute atomic E-state index is 13.9. The number of hydrogen-bond donors (Lipinski definition) is 1. The number of nitrogens with one attached hydrogen (secondary N) is 1. The van der Waals surface area contributed by atoms with Crippen molar-refractivity contribution in [3.63, 3.8) is 0 Å². The van der Waals surface area contributed by atoms with E-state index in [2.05, 4.69) is 42.8 Å². The highest BCUT2D eigenvalue weighted by Gasteiger charge is 2.42. The van der Waals surface area contributed by atoms with Crippen molar-refractivity contribution in [2.75, 3.05) is 42.9 Å². The smallest absolute Gasteiger partial charge is 0.246 e. The van der Waals surface area contributed by atoms with Gasteiger partial charge in [-0.1, -0.05) is 6.92 Å². The van der Waals surface area contributed by atoms with E-state index in [0.717, 1.165) is 25.9 Å².